The van der Waals surface area contributed by atoms with Crippen LogP contribution in [-0.2, 0) is 0 Å². The zero-order valence-electron chi connectivity index (χ0n) is 10.2. The summed E-state index contributed by atoms with van der Waals surface area (Å²) in [6.45, 7) is 2.81. The van der Waals surface area contributed by atoms with Crippen LogP contribution in [0.3, 0.4) is 0 Å². The van der Waals surface area contributed by atoms with Gasteiger partial charge in [0.15, 0.2) is 0 Å². The predicted octanol–water partition coefficient (Wildman–Crippen LogP) is 1.71. The van der Waals surface area contributed by atoms with Gasteiger partial charge in [-0.2, -0.15) is 0 Å². The first-order valence-corrected chi connectivity index (χ1v) is 6.69. The Hall–Kier alpha value is -1.07. The summed E-state index contributed by atoms with van der Waals surface area (Å²) >= 11 is 1.43. The number of piperidine rings is 1. The molecule has 2 heterocycles. The molecule has 1 aliphatic heterocycles. The molecule has 94 valence electrons. The van der Waals surface area contributed by atoms with Gasteiger partial charge < -0.3 is 15.4 Å². The Morgan fingerprint density at radius 2 is 2.41 bits per heavy atom. The Balaban J connectivity index is 2.09. The fourth-order valence-electron chi connectivity index (χ4n) is 2.19. The van der Waals surface area contributed by atoms with E-state index >= 15 is 0 Å². The van der Waals surface area contributed by atoms with Gasteiger partial charge in [-0.1, -0.05) is 0 Å². The van der Waals surface area contributed by atoms with Gasteiger partial charge in [-0.15, -0.1) is 11.3 Å². The van der Waals surface area contributed by atoms with Gasteiger partial charge in [0.1, 0.15) is 5.75 Å². The van der Waals surface area contributed by atoms with Crippen LogP contribution in [-0.4, -0.2) is 36.5 Å². The predicted molar refractivity (Wildman–Crippen MR) is 68.6 cm³/mol. The van der Waals surface area contributed by atoms with Crippen molar-refractivity contribution in [2.24, 2.45) is 5.73 Å². The number of likely N-dealkylation sites (tertiary alicyclic amines) is 1. The Bertz CT molecular complexity index is 405. The molecule has 17 heavy (non-hydrogen) atoms. The first-order valence-electron chi connectivity index (χ1n) is 5.81. The number of rotatable bonds is 2. The molecule has 4 nitrogen and oxygen atoms in total. The molecule has 0 spiro atoms. The molecule has 1 saturated heterocycles. The van der Waals surface area contributed by atoms with Crippen molar-refractivity contribution >= 4 is 17.2 Å². The largest absolute Gasteiger partial charge is 0.496 e. The summed E-state index contributed by atoms with van der Waals surface area (Å²) in [4.78, 5) is 14.9. The van der Waals surface area contributed by atoms with Crippen molar-refractivity contribution in [1.82, 2.24) is 4.90 Å². The molecule has 0 bridgehead atoms. The molecular weight excluding hydrogens is 236 g/mol. The van der Waals surface area contributed by atoms with Crippen LogP contribution in [0.2, 0.25) is 0 Å². The van der Waals surface area contributed by atoms with Crippen LogP contribution < -0.4 is 10.5 Å². The van der Waals surface area contributed by atoms with Gasteiger partial charge in [-0.25, -0.2) is 0 Å². The normalized spacial score (nSPS) is 24.8. The van der Waals surface area contributed by atoms with Crippen molar-refractivity contribution in [1.29, 1.82) is 0 Å². The quantitative estimate of drug-likeness (QED) is 0.874. The smallest absolute Gasteiger partial charge is 0.264 e. The summed E-state index contributed by atoms with van der Waals surface area (Å²) in [5.74, 6) is 0.845. The number of ether oxygens (including phenoxy) is 1. The van der Waals surface area contributed by atoms with Crippen LogP contribution in [0.4, 0.5) is 0 Å². The molecule has 0 aromatic carbocycles. The molecule has 0 aliphatic carbocycles. The highest BCUT2D eigenvalue weighted by molar-refractivity contribution is 7.12. The fourth-order valence-corrected chi connectivity index (χ4v) is 3.00. The Kier molecular flexibility index (Phi) is 3.69. The minimum absolute atomic E-state index is 0.0951. The number of nitrogens with zero attached hydrogens (tertiary/aromatic N) is 1. The standard InChI is InChI=1S/C12H18N2O2S/c1-8-5-9(13)3-4-14(8)12(15)11-6-10(16-2)7-17-11/h6-9H,3-5,13H2,1-2H3. The summed E-state index contributed by atoms with van der Waals surface area (Å²) in [6, 6.07) is 2.25. The van der Waals surface area contributed by atoms with Gasteiger partial charge in [0.2, 0.25) is 0 Å². The SMILES string of the molecule is COc1csc(C(=O)N2CCC(N)CC2C)c1. The maximum Gasteiger partial charge on any atom is 0.264 e. The number of thiophene rings is 1. The number of hydrogen-bond acceptors (Lipinski definition) is 4. The molecule has 0 radical (unpaired) electrons. The van der Waals surface area contributed by atoms with Crippen molar-refractivity contribution in [3.05, 3.63) is 16.3 Å². The summed E-state index contributed by atoms with van der Waals surface area (Å²) < 4.78 is 5.10. The maximum atomic E-state index is 12.3. The molecule has 1 aromatic heterocycles. The van der Waals surface area contributed by atoms with Crippen LogP contribution in [0, 0.1) is 0 Å². The molecule has 2 N–H and O–H groups in total. The highest BCUT2D eigenvalue weighted by Crippen LogP contribution is 2.25. The van der Waals surface area contributed by atoms with E-state index in [4.69, 9.17) is 10.5 Å². The van der Waals surface area contributed by atoms with Gasteiger partial charge in [-0.05, 0) is 19.8 Å². The lowest BCUT2D eigenvalue weighted by molar-refractivity contribution is 0.0624. The Morgan fingerprint density at radius 1 is 1.65 bits per heavy atom. The molecule has 1 aliphatic rings. The second kappa shape index (κ2) is 5.06. The van der Waals surface area contributed by atoms with Gasteiger partial charge in [-0.3, -0.25) is 4.79 Å². The zero-order valence-corrected chi connectivity index (χ0v) is 11.0. The zero-order chi connectivity index (χ0) is 12.4. The van der Waals surface area contributed by atoms with Crippen LogP contribution in [0.1, 0.15) is 29.4 Å². The molecule has 2 rings (SSSR count). The van der Waals surface area contributed by atoms with Crippen LogP contribution in [0.5, 0.6) is 5.75 Å². The highest BCUT2D eigenvalue weighted by Gasteiger charge is 2.28. The summed E-state index contributed by atoms with van der Waals surface area (Å²) in [6.07, 6.45) is 1.77. The van der Waals surface area contributed by atoms with Crippen molar-refractivity contribution in [3.8, 4) is 5.75 Å². The number of hydrogen-bond donors (Lipinski definition) is 1. The molecule has 2 unspecified atom stereocenters. The second-order valence-electron chi connectivity index (χ2n) is 4.48. The Morgan fingerprint density at radius 3 is 3.00 bits per heavy atom. The second-order valence-corrected chi connectivity index (χ2v) is 5.39. The topological polar surface area (TPSA) is 55.6 Å². The lowest BCUT2D eigenvalue weighted by atomic mass is 9.99. The number of carbonyl (C=O) groups is 1. The monoisotopic (exact) mass is 254 g/mol. The van der Waals surface area contributed by atoms with Crippen molar-refractivity contribution in [3.63, 3.8) is 0 Å². The third-order valence-electron chi connectivity index (χ3n) is 3.20. The van der Waals surface area contributed by atoms with Gasteiger partial charge in [0.25, 0.3) is 5.91 Å². The number of carbonyl (C=O) groups excluding carboxylic acids is 1. The Labute approximate surface area is 105 Å². The summed E-state index contributed by atoms with van der Waals surface area (Å²) in [5, 5.41) is 1.85. The minimum atomic E-state index is 0.0951. The first kappa shape index (κ1) is 12.4. The molecule has 1 fully saturated rings. The van der Waals surface area contributed by atoms with Crippen molar-refractivity contribution in [2.45, 2.75) is 31.8 Å². The van der Waals surface area contributed by atoms with E-state index in [0.29, 0.717) is 0 Å². The van der Waals surface area contributed by atoms with Crippen LogP contribution in [0.15, 0.2) is 11.4 Å². The number of nitrogens with two attached hydrogens (primary N) is 1. The van der Waals surface area contributed by atoms with E-state index in [1.54, 1.807) is 13.2 Å². The summed E-state index contributed by atoms with van der Waals surface area (Å²) in [5.41, 5.74) is 5.90. The molecule has 2 atom stereocenters. The molecule has 1 aromatic rings. The summed E-state index contributed by atoms with van der Waals surface area (Å²) in [7, 11) is 1.61. The van der Waals surface area contributed by atoms with Gasteiger partial charge in [0, 0.05) is 30.1 Å². The lowest BCUT2D eigenvalue weighted by Gasteiger charge is -2.36. The third kappa shape index (κ3) is 2.61. The third-order valence-corrected chi connectivity index (χ3v) is 4.10. The average molecular weight is 254 g/mol. The van der Waals surface area contributed by atoms with E-state index in [-0.39, 0.29) is 18.0 Å². The molecule has 1 amide bonds. The van der Waals surface area contributed by atoms with E-state index in [0.717, 1.165) is 30.0 Å². The van der Waals surface area contributed by atoms with E-state index in [2.05, 4.69) is 6.92 Å². The van der Waals surface area contributed by atoms with E-state index in [9.17, 15) is 4.79 Å². The lowest BCUT2D eigenvalue weighted by Crippen LogP contribution is -2.48. The minimum Gasteiger partial charge on any atom is -0.496 e. The number of methoxy groups -OCH3 is 1. The van der Waals surface area contributed by atoms with Crippen LogP contribution in [0.25, 0.3) is 0 Å². The fraction of sp³-hybridized carbons (Fsp3) is 0.583. The number of amides is 1. The van der Waals surface area contributed by atoms with Crippen molar-refractivity contribution < 1.29 is 9.53 Å². The molecule has 5 heteroatoms. The van der Waals surface area contributed by atoms with Crippen LogP contribution >= 0.6 is 11.3 Å². The molecule has 0 saturated carbocycles. The molecular formula is C12H18N2O2S. The first-order chi connectivity index (χ1) is 8.11. The van der Waals surface area contributed by atoms with E-state index in [1.807, 2.05) is 10.3 Å². The average Bonchev–Trinajstić information content (AvgIpc) is 2.76. The highest BCUT2D eigenvalue weighted by atomic mass is 32.1. The van der Waals surface area contributed by atoms with E-state index < -0.39 is 0 Å². The van der Waals surface area contributed by atoms with E-state index in [1.165, 1.54) is 11.3 Å². The maximum absolute atomic E-state index is 12.3. The van der Waals surface area contributed by atoms with Gasteiger partial charge >= 0.3 is 0 Å². The van der Waals surface area contributed by atoms with Gasteiger partial charge in [0.05, 0.1) is 12.0 Å². The van der Waals surface area contributed by atoms with Crippen molar-refractivity contribution in [2.75, 3.05) is 13.7 Å².